The van der Waals surface area contributed by atoms with Crippen molar-refractivity contribution >= 4 is 11.6 Å². The summed E-state index contributed by atoms with van der Waals surface area (Å²) in [6.45, 7) is 0. The van der Waals surface area contributed by atoms with Gasteiger partial charge in [0.25, 0.3) is 5.56 Å². The predicted molar refractivity (Wildman–Crippen MR) is 91.2 cm³/mol. The molecule has 0 atom stereocenters. The second kappa shape index (κ2) is 5.69. The van der Waals surface area contributed by atoms with Gasteiger partial charge in [-0.3, -0.25) is 4.79 Å². The number of nitrogens with zero attached hydrogens (tertiary/aromatic N) is 1. The molecule has 0 saturated heterocycles. The number of fused-ring (bicyclic) bond motifs is 2. The van der Waals surface area contributed by atoms with Crippen LogP contribution in [0.4, 0.5) is 0 Å². The van der Waals surface area contributed by atoms with Gasteiger partial charge in [0, 0.05) is 17.5 Å². The molecule has 3 aromatic rings. The molecule has 0 spiro atoms. The summed E-state index contributed by atoms with van der Waals surface area (Å²) in [7, 11) is 1.58. The van der Waals surface area contributed by atoms with E-state index < -0.39 is 0 Å². The van der Waals surface area contributed by atoms with Crippen LogP contribution in [-0.2, 0) is 6.42 Å². The van der Waals surface area contributed by atoms with Gasteiger partial charge in [-0.15, -0.1) is 0 Å². The van der Waals surface area contributed by atoms with Gasteiger partial charge in [0.05, 0.1) is 17.7 Å². The van der Waals surface area contributed by atoms with E-state index in [0.29, 0.717) is 39.9 Å². The van der Waals surface area contributed by atoms with Crippen LogP contribution in [0.5, 0.6) is 17.4 Å². The molecule has 0 radical (unpaired) electrons. The highest BCUT2D eigenvalue weighted by atomic mass is 35.5. The van der Waals surface area contributed by atoms with Gasteiger partial charge in [-0.05, 0) is 18.2 Å². The van der Waals surface area contributed by atoms with Crippen molar-refractivity contribution in [3.63, 3.8) is 0 Å². The highest BCUT2D eigenvalue weighted by Gasteiger charge is 2.25. The number of para-hydroxylation sites is 1. The van der Waals surface area contributed by atoms with Crippen LogP contribution < -0.4 is 15.0 Å². The van der Waals surface area contributed by atoms with Crippen molar-refractivity contribution in [1.29, 1.82) is 0 Å². The third-order valence-electron chi connectivity index (χ3n) is 3.95. The van der Waals surface area contributed by atoms with Crippen LogP contribution in [0.3, 0.4) is 0 Å². The third-order valence-corrected chi connectivity index (χ3v) is 4.28. The molecule has 4 rings (SSSR count). The van der Waals surface area contributed by atoms with E-state index in [-0.39, 0.29) is 11.4 Å². The first kappa shape index (κ1) is 14.8. The smallest absolute Gasteiger partial charge is 0.258 e. The van der Waals surface area contributed by atoms with Crippen molar-refractivity contribution in [2.45, 2.75) is 6.42 Å². The van der Waals surface area contributed by atoms with Crippen molar-refractivity contribution < 1.29 is 9.47 Å². The molecular formula is C18H13ClN2O3. The Bertz CT molecular complexity index is 998. The Hall–Kier alpha value is -2.79. The molecule has 1 aliphatic rings. The van der Waals surface area contributed by atoms with Crippen LogP contribution in [0.25, 0.3) is 11.4 Å². The molecule has 0 unspecified atom stereocenters. The van der Waals surface area contributed by atoms with Crippen molar-refractivity contribution in [1.82, 2.24) is 9.97 Å². The number of hydrogen-bond acceptors (Lipinski definition) is 4. The molecule has 6 heteroatoms. The Morgan fingerprint density at radius 2 is 2.04 bits per heavy atom. The maximum atomic E-state index is 12.5. The molecule has 1 aliphatic heterocycles. The zero-order chi connectivity index (χ0) is 16.7. The molecule has 0 amide bonds. The minimum Gasteiger partial charge on any atom is -0.493 e. The summed E-state index contributed by atoms with van der Waals surface area (Å²) in [6.07, 6.45) is 0.438. The minimum atomic E-state index is -0.233. The standard InChI is InChI=1S/C18H13ClN2O3/c1-23-14-8-4-5-10-9-12-17(22)20-16(21-18(12)24-15(10)14)11-6-2-3-7-13(11)19/h2-8H,9H2,1H3,(H,20,21,22). The van der Waals surface area contributed by atoms with E-state index in [2.05, 4.69) is 9.97 Å². The number of rotatable bonds is 2. The summed E-state index contributed by atoms with van der Waals surface area (Å²) in [4.78, 5) is 19.7. The van der Waals surface area contributed by atoms with Crippen LogP contribution in [0.2, 0.25) is 5.02 Å². The van der Waals surface area contributed by atoms with Gasteiger partial charge in [-0.2, -0.15) is 4.98 Å². The Labute approximate surface area is 142 Å². The molecule has 24 heavy (non-hydrogen) atoms. The van der Waals surface area contributed by atoms with E-state index in [4.69, 9.17) is 21.1 Å². The van der Waals surface area contributed by atoms with Gasteiger partial charge < -0.3 is 14.5 Å². The molecule has 0 aliphatic carbocycles. The summed E-state index contributed by atoms with van der Waals surface area (Å²) >= 11 is 6.20. The van der Waals surface area contributed by atoms with E-state index in [1.807, 2.05) is 30.3 Å². The number of aromatic nitrogens is 2. The number of hydrogen-bond donors (Lipinski definition) is 1. The Morgan fingerprint density at radius 1 is 1.21 bits per heavy atom. The topological polar surface area (TPSA) is 64.2 Å². The van der Waals surface area contributed by atoms with Crippen molar-refractivity contribution in [3.05, 3.63) is 69.0 Å². The van der Waals surface area contributed by atoms with Crippen LogP contribution in [-0.4, -0.2) is 17.1 Å². The molecule has 0 bridgehead atoms. The van der Waals surface area contributed by atoms with Gasteiger partial charge in [0.15, 0.2) is 11.5 Å². The number of aromatic amines is 1. The normalized spacial score (nSPS) is 12.1. The van der Waals surface area contributed by atoms with Crippen molar-refractivity contribution in [3.8, 4) is 28.8 Å². The summed E-state index contributed by atoms with van der Waals surface area (Å²) < 4.78 is 11.2. The molecule has 1 N–H and O–H groups in total. The second-order valence-electron chi connectivity index (χ2n) is 5.41. The summed E-state index contributed by atoms with van der Waals surface area (Å²) in [5, 5.41) is 0.509. The summed E-state index contributed by atoms with van der Waals surface area (Å²) in [6, 6.07) is 12.8. The number of ether oxygens (including phenoxy) is 2. The monoisotopic (exact) mass is 340 g/mol. The number of nitrogens with one attached hydrogen (secondary N) is 1. The fraction of sp³-hybridized carbons (Fsp3) is 0.111. The third kappa shape index (κ3) is 2.34. The maximum Gasteiger partial charge on any atom is 0.258 e. The van der Waals surface area contributed by atoms with Crippen LogP contribution >= 0.6 is 11.6 Å². The summed E-state index contributed by atoms with van der Waals surface area (Å²) in [5.74, 6) is 1.86. The van der Waals surface area contributed by atoms with E-state index in [0.717, 1.165) is 5.56 Å². The van der Waals surface area contributed by atoms with Gasteiger partial charge >= 0.3 is 0 Å². The average molecular weight is 341 g/mol. The minimum absolute atomic E-state index is 0.233. The number of benzene rings is 2. The fourth-order valence-electron chi connectivity index (χ4n) is 2.76. The average Bonchev–Trinajstić information content (AvgIpc) is 2.60. The van der Waals surface area contributed by atoms with Gasteiger partial charge in [-0.1, -0.05) is 35.9 Å². The molecule has 2 heterocycles. The Morgan fingerprint density at radius 3 is 2.83 bits per heavy atom. The largest absolute Gasteiger partial charge is 0.493 e. The molecule has 0 fully saturated rings. The number of H-pyrrole nitrogens is 1. The van der Waals surface area contributed by atoms with Crippen LogP contribution in [0.1, 0.15) is 11.1 Å². The maximum absolute atomic E-state index is 12.5. The lowest BCUT2D eigenvalue weighted by Gasteiger charge is -2.21. The second-order valence-corrected chi connectivity index (χ2v) is 5.81. The van der Waals surface area contributed by atoms with Crippen LogP contribution in [0, 0.1) is 0 Å². The Kier molecular flexibility index (Phi) is 3.50. The predicted octanol–water partition coefficient (Wildman–Crippen LogP) is 3.80. The summed E-state index contributed by atoms with van der Waals surface area (Å²) in [5.41, 5.74) is 1.79. The highest BCUT2D eigenvalue weighted by molar-refractivity contribution is 6.33. The van der Waals surface area contributed by atoms with Crippen molar-refractivity contribution in [2.24, 2.45) is 0 Å². The molecule has 5 nitrogen and oxygen atoms in total. The van der Waals surface area contributed by atoms with Crippen LogP contribution in [0.15, 0.2) is 47.3 Å². The van der Waals surface area contributed by atoms with E-state index >= 15 is 0 Å². The molecule has 2 aromatic carbocycles. The Balaban J connectivity index is 1.86. The molecule has 0 saturated carbocycles. The first-order valence-electron chi connectivity index (χ1n) is 7.39. The lowest BCUT2D eigenvalue weighted by Crippen LogP contribution is -2.20. The van der Waals surface area contributed by atoms with Gasteiger partial charge in [-0.25, -0.2) is 0 Å². The first-order valence-corrected chi connectivity index (χ1v) is 7.77. The molecule has 120 valence electrons. The lowest BCUT2D eigenvalue weighted by atomic mass is 10.0. The van der Waals surface area contributed by atoms with E-state index in [9.17, 15) is 4.79 Å². The van der Waals surface area contributed by atoms with Crippen molar-refractivity contribution in [2.75, 3.05) is 7.11 Å². The molecular weight excluding hydrogens is 328 g/mol. The number of methoxy groups -OCH3 is 1. The SMILES string of the molecule is COc1cccc2c1Oc1nc(-c3ccccc3Cl)[nH]c(=O)c1C2. The lowest BCUT2D eigenvalue weighted by molar-refractivity contribution is 0.365. The van der Waals surface area contributed by atoms with Gasteiger partial charge in [0.2, 0.25) is 5.88 Å². The highest BCUT2D eigenvalue weighted by Crippen LogP contribution is 2.40. The quantitative estimate of drug-likeness (QED) is 0.603. The zero-order valence-corrected chi connectivity index (χ0v) is 13.6. The van der Waals surface area contributed by atoms with E-state index in [1.165, 1.54) is 0 Å². The number of halogens is 1. The first-order chi connectivity index (χ1) is 11.7. The molecule has 1 aromatic heterocycles. The van der Waals surface area contributed by atoms with E-state index in [1.54, 1.807) is 19.2 Å². The fourth-order valence-corrected chi connectivity index (χ4v) is 2.99. The zero-order valence-electron chi connectivity index (χ0n) is 12.8. The van der Waals surface area contributed by atoms with Gasteiger partial charge in [0.1, 0.15) is 5.82 Å².